The maximum absolute atomic E-state index is 12.7. The number of oxime groups is 1. The summed E-state index contributed by atoms with van der Waals surface area (Å²) in [4.78, 5) is 3.89. The molecule has 1 aromatic carbocycles. The third-order valence-electron chi connectivity index (χ3n) is 4.56. The molecule has 0 bridgehead atoms. The SMILES string of the molecule is O=S1(=O)N(CCCCCOc2ccc(/C=N/O)cc2)CCN1c1ccnc(Cl)c1. The Labute approximate surface area is 175 Å². The molecule has 10 heteroatoms. The van der Waals surface area contributed by atoms with Crippen molar-refractivity contribution in [3.63, 3.8) is 0 Å². The summed E-state index contributed by atoms with van der Waals surface area (Å²) >= 11 is 5.88. The number of halogens is 1. The van der Waals surface area contributed by atoms with E-state index in [9.17, 15) is 8.42 Å². The molecule has 2 heterocycles. The van der Waals surface area contributed by atoms with Crippen molar-refractivity contribution >= 4 is 33.7 Å². The molecule has 8 nitrogen and oxygen atoms in total. The van der Waals surface area contributed by atoms with Gasteiger partial charge in [-0.3, -0.25) is 4.31 Å². The van der Waals surface area contributed by atoms with Crippen LogP contribution in [0, 0.1) is 0 Å². The third kappa shape index (κ3) is 5.59. The van der Waals surface area contributed by atoms with Gasteiger partial charge in [0.1, 0.15) is 10.9 Å². The molecule has 29 heavy (non-hydrogen) atoms. The van der Waals surface area contributed by atoms with Gasteiger partial charge >= 0.3 is 10.2 Å². The minimum Gasteiger partial charge on any atom is -0.494 e. The first-order valence-electron chi connectivity index (χ1n) is 9.30. The predicted molar refractivity (Wildman–Crippen MR) is 112 cm³/mol. The molecule has 1 aromatic heterocycles. The van der Waals surface area contributed by atoms with Crippen molar-refractivity contribution in [2.45, 2.75) is 19.3 Å². The Bertz CT molecular complexity index is 937. The van der Waals surface area contributed by atoms with Crippen LogP contribution in [0.1, 0.15) is 24.8 Å². The second-order valence-corrected chi connectivity index (χ2v) is 8.78. The minimum atomic E-state index is -3.52. The second-order valence-electron chi connectivity index (χ2n) is 6.54. The lowest BCUT2D eigenvalue weighted by atomic mass is 10.2. The molecular formula is C19H23ClN4O4S. The molecule has 0 amide bonds. The lowest BCUT2D eigenvalue weighted by Crippen LogP contribution is -2.33. The van der Waals surface area contributed by atoms with Crippen LogP contribution in [-0.4, -0.2) is 55.4 Å². The van der Waals surface area contributed by atoms with Gasteiger partial charge in [-0.15, -0.1) is 0 Å². The average Bonchev–Trinajstić information content (AvgIpc) is 3.00. The first kappa shape index (κ1) is 21.4. The quantitative estimate of drug-likeness (QED) is 0.213. The van der Waals surface area contributed by atoms with Gasteiger partial charge in [-0.05, 0) is 61.2 Å². The number of aromatic nitrogens is 1. The monoisotopic (exact) mass is 438 g/mol. The van der Waals surface area contributed by atoms with Crippen LogP contribution in [0.2, 0.25) is 5.15 Å². The lowest BCUT2D eigenvalue weighted by molar-refractivity contribution is 0.302. The van der Waals surface area contributed by atoms with E-state index in [0.29, 0.717) is 31.9 Å². The lowest BCUT2D eigenvalue weighted by Gasteiger charge is -2.20. The summed E-state index contributed by atoms with van der Waals surface area (Å²) in [6, 6.07) is 10.4. The number of rotatable bonds is 9. The van der Waals surface area contributed by atoms with Crippen molar-refractivity contribution in [3.8, 4) is 5.75 Å². The summed E-state index contributed by atoms with van der Waals surface area (Å²) in [6.07, 6.45) is 5.31. The molecule has 0 radical (unpaired) electrons. The number of pyridine rings is 1. The Balaban J connectivity index is 1.39. The van der Waals surface area contributed by atoms with Gasteiger partial charge in [-0.1, -0.05) is 16.8 Å². The Hall–Kier alpha value is -2.36. The second kappa shape index (κ2) is 9.91. The first-order chi connectivity index (χ1) is 14.0. The molecule has 0 atom stereocenters. The Morgan fingerprint density at radius 2 is 1.97 bits per heavy atom. The zero-order valence-corrected chi connectivity index (χ0v) is 17.4. The van der Waals surface area contributed by atoms with Crippen LogP contribution in [0.25, 0.3) is 0 Å². The highest BCUT2D eigenvalue weighted by molar-refractivity contribution is 7.90. The highest BCUT2D eigenvalue weighted by atomic mass is 35.5. The summed E-state index contributed by atoms with van der Waals surface area (Å²) < 4.78 is 34.0. The van der Waals surface area contributed by atoms with Gasteiger partial charge in [0.2, 0.25) is 0 Å². The van der Waals surface area contributed by atoms with Crippen LogP contribution in [0.4, 0.5) is 5.69 Å². The molecule has 0 saturated carbocycles. The third-order valence-corrected chi connectivity index (χ3v) is 6.74. The van der Waals surface area contributed by atoms with Crippen molar-refractivity contribution in [2.24, 2.45) is 5.16 Å². The van der Waals surface area contributed by atoms with Gasteiger partial charge in [0.25, 0.3) is 0 Å². The van der Waals surface area contributed by atoms with Crippen LogP contribution in [0.5, 0.6) is 5.75 Å². The normalized spacial score (nSPS) is 16.5. The number of benzene rings is 1. The molecule has 1 N–H and O–H groups in total. The molecule has 1 saturated heterocycles. The van der Waals surface area contributed by atoms with Gasteiger partial charge < -0.3 is 9.94 Å². The molecule has 0 unspecified atom stereocenters. The molecule has 0 aliphatic carbocycles. The smallest absolute Gasteiger partial charge is 0.304 e. The number of hydrogen-bond donors (Lipinski definition) is 1. The zero-order valence-electron chi connectivity index (χ0n) is 15.8. The van der Waals surface area contributed by atoms with E-state index in [0.717, 1.165) is 30.6 Å². The standard InChI is InChI=1S/C19H23ClN4O4S/c20-19-14-17(8-9-21-19)24-12-11-23(29(24,26)27)10-2-1-3-13-28-18-6-4-16(5-7-18)15-22-25/h4-9,14-15,25H,1-3,10-13H2/b22-15+. The Morgan fingerprint density at radius 3 is 2.69 bits per heavy atom. The van der Waals surface area contributed by atoms with E-state index in [2.05, 4.69) is 10.1 Å². The number of unbranched alkanes of at least 4 members (excludes halogenated alkanes) is 2. The average molecular weight is 439 g/mol. The van der Waals surface area contributed by atoms with Crippen LogP contribution < -0.4 is 9.04 Å². The van der Waals surface area contributed by atoms with E-state index in [4.69, 9.17) is 21.5 Å². The number of anilines is 1. The Kier molecular flexibility index (Phi) is 7.29. The first-order valence-corrected chi connectivity index (χ1v) is 11.1. The predicted octanol–water partition coefficient (Wildman–Crippen LogP) is 3.16. The fraction of sp³-hybridized carbons (Fsp3) is 0.368. The maximum atomic E-state index is 12.7. The summed E-state index contributed by atoms with van der Waals surface area (Å²) in [5.41, 5.74) is 1.33. The van der Waals surface area contributed by atoms with E-state index in [1.807, 2.05) is 12.1 Å². The highest BCUT2D eigenvalue weighted by Gasteiger charge is 2.36. The summed E-state index contributed by atoms with van der Waals surface area (Å²) in [7, 11) is -3.52. The van der Waals surface area contributed by atoms with Crippen molar-refractivity contribution in [3.05, 3.63) is 53.3 Å². The summed E-state index contributed by atoms with van der Waals surface area (Å²) in [5.74, 6) is 0.744. The number of nitrogens with zero attached hydrogens (tertiary/aromatic N) is 4. The van der Waals surface area contributed by atoms with Crippen molar-refractivity contribution in [1.29, 1.82) is 0 Å². The number of hydrogen-bond acceptors (Lipinski definition) is 6. The molecule has 1 aliphatic heterocycles. The zero-order chi connectivity index (χ0) is 20.7. The summed E-state index contributed by atoms with van der Waals surface area (Å²) in [5, 5.41) is 11.7. The molecule has 1 aliphatic rings. The van der Waals surface area contributed by atoms with Gasteiger partial charge in [-0.25, -0.2) is 4.98 Å². The Morgan fingerprint density at radius 1 is 1.17 bits per heavy atom. The van der Waals surface area contributed by atoms with E-state index in [1.165, 1.54) is 21.0 Å². The van der Waals surface area contributed by atoms with E-state index < -0.39 is 10.2 Å². The largest absolute Gasteiger partial charge is 0.494 e. The summed E-state index contributed by atoms with van der Waals surface area (Å²) in [6.45, 7) is 1.90. The van der Waals surface area contributed by atoms with E-state index >= 15 is 0 Å². The minimum absolute atomic E-state index is 0.271. The molecule has 3 rings (SSSR count). The van der Waals surface area contributed by atoms with Crippen LogP contribution in [0.15, 0.2) is 47.8 Å². The van der Waals surface area contributed by atoms with Crippen molar-refractivity contribution < 1.29 is 18.4 Å². The topological polar surface area (TPSA) is 95.3 Å². The molecule has 2 aromatic rings. The van der Waals surface area contributed by atoms with Gasteiger partial charge in [0.05, 0.1) is 18.5 Å². The molecular weight excluding hydrogens is 416 g/mol. The number of ether oxygens (including phenoxy) is 1. The van der Waals surface area contributed by atoms with E-state index in [1.54, 1.807) is 24.3 Å². The maximum Gasteiger partial charge on any atom is 0.304 e. The fourth-order valence-electron chi connectivity index (χ4n) is 3.08. The van der Waals surface area contributed by atoms with Crippen LogP contribution >= 0.6 is 11.6 Å². The van der Waals surface area contributed by atoms with Gasteiger partial charge in [0.15, 0.2) is 0 Å². The molecule has 1 fully saturated rings. The fourth-order valence-corrected chi connectivity index (χ4v) is 4.89. The molecule has 0 spiro atoms. The van der Waals surface area contributed by atoms with Crippen molar-refractivity contribution in [1.82, 2.24) is 9.29 Å². The van der Waals surface area contributed by atoms with Crippen LogP contribution in [0.3, 0.4) is 0 Å². The van der Waals surface area contributed by atoms with Crippen LogP contribution in [-0.2, 0) is 10.2 Å². The molecule has 156 valence electrons. The van der Waals surface area contributed by atoms with Gasteiger partial charge in [-0.2, -0.15) is 12.7 Å². The van der Waals surface area contributed by atoms with E-state index in [-0.39, 0.29) is 5.15 Å². The highest BCUT2D eigenvalue weighted by Crippen LogP contribution is 2.26. The van der Waals surface area contributed by atoms with Crippen molar-refractivity contribution in [2.75, 3.05) is 30.5 Å². The van der Waals surface area contributed by atoms with Gasteiger partial charge in [0, 0.05) is 25.8 Å².